The summed E-state index contributed by atoms with van der Waals surface area (Å²) in [5.74, 6) is -0.496. The van der Waals surface area contributed by atoms with Gasteiger partial charge in [0.05, 0.1) is 5.56 Å². The number of aromatic carboxylic acids is 1. The van der Waals surface area contributed by atoms with E-state index in [4.69, 9.17) is 5.73 Å². The van der Waals surface area contributed by atoms with E-state index in [1.54, 1.807) is 12.1 Å². The van der Waals surface area contributed by atoms with Crippen molar-refractivity contribution in [1.82, 2.24) is 4.90 Å². The van der Waals surface area contributed by atoms with Crippen molar-refractivity contribution < 1.29 is 14.7 Å². The van der Waals surface area contributed by atoms with Crippen LogP contribution in [-0.4, -0.2) is 41.0 Å². The number of carboxylic acids is 1. The van der Waals surface area contributed by atoms with Gasteiger partial charge in [-0.2, -0.15) is 0 Å². The minimum absolute atomic E-state index is 0.0764. The quantitative estimate of drug-likeness (QED) is 0.703. The van der Waals surface area contributed by atoms with E-state index in [1.807, 2.05) is 12.1 Å². The van der Waals surface area contributed by atoms with Gasteiger partial charge in [0.15, 0.2) is 0 Å². The summed E-state index contributed by atoms with van der Waals surface area (Å²) < 4.78 is 0. The highest BCUT2D eigenvalue weighted by Gasteiger charge is 2.47. The number of rotatable bonds is 3. The summed E-state index contributed by atoms with van der Waals surface area (Å²) in [4.78, 5) is 26.5. The number of nitrogens with zero attached hydrogens (tertiary/aromatic N) is 1. The van der Waals surface area contributed by atoms with Crippen molar-refractivity contribution in [3.05, 3.63) is 53.1 Å². The van der Waals surface area contributed by atoms with Gasteiger partial charge in [-0.15, -0.1) is 0 Å². The number of carbonyl (C=O) groups excluding carboxylic acids is 1. The molecule has 5 heteroatoms. The van der Waals surface area contributed by atoms with E-state index in [9.17, 15) is 14.7 Å². The van der Waals surface area contributed by atoms with Crippen LogP contribution in [0.3, 0.4) is 0 Å². The molecule has 1 heterocycles. The molecule has 0 radical (unpaired) electrons. The summed E-state index contributed by atoms with van der Waals surface area (Å²) in [6.07, 6.45) is 9.15. The van der Waals surface area contributed by atoms with Gasteiger partial charge in [0.2, 0.25) is 5.91 Å². The number of nitrogens with two attached hydrogens (primary N) is 1. The first-order chi connectivity index (χ1) is 14.6. The van der Waals surface area contributed by atoms with E-state index < -0.39 is 5.97 Å². The van der Waals surface area contributed by atoms with Crippen molar-refractivity contribution in [2.45, 2.75) is 58.9 Å². The third-order valence-electron chi connectivity index (χ3n) is 7.68. The zero-order valence-corrected chi connectivity index (χ0v) is 18.9. The summed E-state index contributed by atoms with van der Waals surface area (Å²) in [5, 5.41) is 9.19. The standard InChI is InChI=1S/C26H34N2O3/c1-25(2)21(17-4-6-19(7-5-17)24(30)31)12-14-26(3)16-28(15-13-22(25)26)23(29)18-8-10-20(27)11-9-18/h4-7,12-13,18,20H,8-11,14-16,27H2,1-3H3,(H,30,31)/t18-,20-,26-/m1/s1. The van der Waals surface area contributed by atoms with E-state index in [2.05, 4.69) is 37.8 Å². The van der Waals surface area contributed by atoms with Gasteiger partial charge in [-0.1, -0.05) is 50.6 Å². The summed E-state index contributed by atoms with van der Waals surface area (Å²) in [5.41, 5.74) is 9.76. The Labute approximate surface area is 185 Å². The third-order valence-corrected chi connectivity index (χ3v) is 7.68. The highest BCUT2D eigenvalue weighted by Crippen LogP contribution is 2.55. The van der Waals surface area contributed by atoms with Crippen molar-refractivity contribution >= 4 is 17.4 Å². The normalized spacial score (nSPS) is 30.1. The Balaban J connectivity index is 1.56. The predicted molar refractivity (Wildman–Crippen MR) is 122 cm³/mol. The first kappa shape index (κ1) is 21.8. The lowest BCUT2D eigenvalue weighted by molar-refractivity contribution is -0.137. The average molecular weight is 423 g/mol. The molecule has 1 amide bonds. The van der Waals surface area contributed by atoms with E-state index in [-0.39, 0.29) is 22.8 Å². The van der Waals surface area contributed by atoms with Gasteiger partial charge in [0.1, 0.15) is 0 Å². The van der Waals surface area contributed by atoms with E-state index in [0.717, 1.165) is 44.2 Å². The van der Waals surface area contributed by atoms with Gasteiger partial charge < -0.3 is 15.7 Å². The Morgan fingerprint density at radius 2 is 1.68 bits per heavy atom. The molecule has 0 bridgehead atoms. The maximum atomic E-state index is 13.2. The van der Waals surface area contributed by atoms with E-state index >= 15 is 0 Å². The lowest BCUT2D eigenvalue weighted by Crippen LogP contribution is -2.50. The monoisotopic (exact) mass is 422 g/mol. The van der Waals surface area contributed by atoms with Gasteiger partial charge >= 0.3 is 5.97 Å². The fourth-order valence-electron chi connectivity index (χ4n) is 5.99. The molecule has 1 aromatic rings. The highest BCUT2D eigenvalue weighted by molar-refractivity contribution is 5.88. The molecule has 5 nitrogen and oxygen atoms in total. The van der Waals surface area contributed by atoms with Crippen LogP contribution in [0.2, 0.25) is 0 Å². The molecule has 0 aromatic heterocycles. The van der Waals surface area contributed by atoms with E-state index in [1.165, 1.54) is 11.1 Å². The van der Waals surface area contributed by atoms with Crippen LogP contribution in [0.5, 0.6) is 0 Å². The average Bonchev–Trinajstić information content (AvgIpc) is 2.73. The van der Waals surface area contributed by atoms with Crippen LogP contribution in [0.1, 0.15) is 68.8 Å². The zero-order chi connectivity index (χ0) is 22.4. The Hall–Kier alpha value is -2.40. The number of benzene rings is 1. The van der Waals surface area contributed by atoms with Crippen molar-refractivity contribution in [3.63, 3.8) is 0 Å². The van der Waals surface area contributed by atoms with Gasteiger partial charge in [0, 0.05) is 35.9 Å². The molecule has 31 heavy (non-hydrogen) atoms. The third kappa shape index (κ3) is 3.96. The minimum atomic E-state index is -0.907. The number of hydrogen-bond acceptors (Lipinski definition) is 3. The number of amides is 1. The second-order valence-electron chi connectivity index (χ2n) is 10.3. The molecule has 2 aliphatic carbocycles. The predicted octanol–water partition coefficient (Wildman–Crippen LogP) is 4.49. The van der Waals surface area contributed by atoms with Gasteiger partial charge in [-0.05, 0) is 55.4 Å². The van der Waals surface area contributed by atoms with Gasteiger partial charge in [-0.25, -0.2) is 4.79 Å². The molecule has 1 saturated carbocycles. The summed E-state index contributed by atoms with van der Waals surface area (Å²) >= 11 is 0. The fraction of sp³-hybridized carbons (Fsp3) is 0.538. The minimum Gasteiger partial charge on any atom is -0.478 e. The smallest absolute Gasteiger partial charge is 0.335 e. The van der Waals surface area contributed by atoms with Crippen molar-refractivity contribution in [2.24, 2.45) is 22.5 Å². The topological polar surface area (TPSA) is 83.6 Å². The van der Waals surface area contributed by atoms with Crippen LogP contribution in [0.4, 0.5) is 0 Å². The van der Waals surface area contributed by atoms with Crippen LogP contribution < -0.4 is 5.73 Å². The van der Waals surface area contributed by atoms with Crippen LogP contribution in [-0.2, 0) is 4.79 Å². The Morgan fingerprint density at radius 3 is 2.29 bits per heavy atom. The molecular formula is C26H34N2O3. The molecular weight excluding hydrogens is 388 g/mol. The molecule has 0 saturated heterocycles. The Morgan fingerprint density at radius 1 is 1.03 bits per heavy atom. The highest BCUT2D eigenvalue weighted by atomic mass is 16.4. The molecule has 0 spiro atoms. The Bertz CT molecular complexity index is 936. The van der Waals surface area contributed by atoms with Crippen molar-refractivity contribution in [1.29, 1.82) is 0 Å². The van der Waals surface area contributed by atoms with Crippen molar-refractivity contribution in [3.8, 4) is 0 Å². The second-order valence-corrected chi connectivity index (χ2v) is 10.3. The lowest BCUT2D eigenvalue weighted by Gasteiger charge is -2.51. The van der Waals surface area contributed by atoms with Crippen LogP contribution in [0, 0.1) is 16.7 Å². The van der Waals surface area contributed by atoms with Crippen LogP contribution in [0.15, 0.2) is 42.0 Å². The second kappa shape index (κ2) is 7.94. The van der Waals surface area contributed by atoms with Crippen LogP contribution in [0.25, 0.3) is 5.57 Å². The molecule has 4 rings (SSSR count). The fourth-order valence-corrected chi connectivity index (χ4v) is 5.99. The molecule has 1 aliphatic heterocycles. The molecule has 1 aromatic carbocycles. The van der Waals surface area contributed by atoms with Crippen molar-refractivity contribution in [2.75, 3.05) is 13.1 Å². The Kier molecular flexibility index (Phi) is 5.59. The number of fused-ring (bicyclic) bond motifs is 1. The molecule has 3 N–H and O–H groups in total. The summed E-state index contributed by atoms with van der Waals surface area (Å²) in [6, 6.07) is 7.42. The number of carboxylic acid groups (broad SMARTS) is 1. The van der Waals surface area contributed by atoms with Gasteiger partial charge in [-0.3, -0.25) is 4.79 Å². The maximum absolute atomic E-state index is 13.2. The first-order valence-electron chi connectivity index (χ1n) is 11.4. The SMILES string of the molecule is CC1(C)C(c2ccc(C(=O)O)cc2)=CC[C@]2(C)CN(C(=O)[C@H]3CC[C@H](N)CC3)CC=C12. The number of hydrogen-bond donors (Lipinski definition) is 2. The number of carbonyl (C=O) groups is 2. The largest absolute Gasteiger partial charge is 0.478 e. The molecule has 1 fully saturated rings. The van der Waals surface area contributed by atoms with Gasteiger partial charge in [0.25, 0.3) is 0 Å². The maximum Gasteiger partial charge on any atom is 0.335 e. The first-order valence-corrected chi connectivity index (χ1v) is 11.4. The molecule has 1 atom stereocenters. The molecule has 3 aliphatic rings. The lowest BCUT2D eigenvalue weighted by atomic mass is 9.58. The van der Waals surface area contributed by atoms with Crippen LogP contribution >= 0.6 is 0 Å². The number of allylic oxidation sites excluding steroid dienone is 2. The zero-order valence-electron chi connectivity index (χ0n) is 18.9. The molecule has 166 valence electrons. The summed E-state index contributed by atoms with van der Waals surface area (Å²) in [6.45, 7) is 8.18. The van der Waals surface area contributed by atoms with E-state index in [0.29, 0.717) is 18.0 Å². The molecule has 0 unspecified atom stereocenters. The summed E-state index contributed by atoms with van der Waals surface area (Å²) in [7, 11) is 0.